The Balaban J connectivity index is 1.50. The first-order valence-electron chi connectivity index (χ1n) is 9.74. The number of para-hydroxylation sites is 1. The number of nitrogens with zero attached hydrogens (tertiary/aromatic N) is 4. The lowest BCUT2D eigenvalue weighted by Crippen LogP contribution is -2.01. The zero-order chi connectivity index (χ0) is 20.5. The van der Waals surface area contributed by atoms with Crippen LogP contribution in [0.1, 0.15) is 5.69 Å². The van der Waals surface area contributed by atoms with Crippen LogP contribution < -0.4 is 4.74 Å². The molecule has 0 fully saturated rings. The number of aromatic hydroxyl groups is 1. The molecular formula is C24H20N4O2. The molecule has 0 aliphatic rings. The first-order valence-corrected chi connectivity index (χ1v) is 9.74. The highest BCUT2D eigenvalue weighted by Crippen LogP contribution is 2.38. The summed E-state index contributed by atoms with van der Waals surface area (Å²) >= 11 is 0. The molecule has 1 N–H and O–H groups in total. The fourth-order valence-electron chi connectivity index (χ4n) is 3.81. The van der Waals surface area contributed by atoms with Crippen molar-refractivity contribution in [3.05, 3.63) is 79.0 Å². The summed E-state index contributed by atoms with van der Waals surface area (Å²) in [6.07, 6.45) is 7.70. The number of benzene rings is 1. The van der Waals surface area contributed by atoms with E-state index in [-0.39, 0.29) is 5.88 Å². The van der Waals surface area contributed by atoms with E-state index in [2.05, 4.69) is 22.1 Å². The van der Waals surface area contributed by atoms with Gasteiger partial charge in [0.25, 0.3) is 0 Å². The monoisotopic (exact) mass is 396 g/mol. The fraction of sp³-hybridized carbons (Fsp3) is 0.125. The van der Waals surface area contributed by atoms with Crippen LogP contribution in [-0.4, -0.2) is 31.7 Å². The molecule has 0 aliphatic carbocycles. The van der Waals surface area contributed by atoms with Gasteiger partial charge < -0.3 is 14.4 Å². The van der Waals surface area contributed by atoms with Gasteiger partial charge in [0.2, 0.25) is 5.88 Å². The lowest BCUT2D eigenvalue weighted by molar-refractivity contribution is 0.414. The van der Waals surface area contributed by atoms with Crippen molar-refractivity contribution in [3.63, 3.8) is 0 Å². The van der Waals surface area contributed by atoms with Gasteiger partial charge in [-0.2, -0.15) is 0 Å². The quantitative estimate of drug-likeness (QED) is 0.470. The Labute approximate surface area is 173 Å². The highest BCUT2D eigenvalue weighted by molar-refractivity contribution is 5.99. The van der Waals surface area contributed by atoms with Crippen molar-refractivity contribution in [2.45, 2.75) is 13.0 Å². The van der Waals surface area contributed by atoms with Crippen molar-refractivity contribution in [3.8, 4) is 22.8 Å². The molecule has 6 nitrogen and oxygen atoms in total. The largest absolute Gasteiger partial charge is 0.494 e. The maximum atomic E-state index is 11.0. The number of methoxy groups -OCH3 is 1. The Kier molecular flexibility index (Phi) is 4.52. The standard InChI is InChI=1S/C24H20N4O2/c1-30-22-14-25-11-8-18(22)19-9-12-26-21-15-28(24(29)23(19)21)13-10-17-7-6-16-4-2-3-5-20(16)27-17/h2-9,11-12,14-15,29H,10,13H2,1H3. The van der Waals surface area contributed by atoms with Gasteiger partial charge in [-0.3, -0.25) is 15.0 Å². The number of hydrogen-bond donors (Lipinski definition) is 1. The summed E-state index contributed by atoms with van der Waals surface area (Å²) in [5.74, 6) is 0.838. The molecule has 0 aliphatic heterocycles. The molecule has 6 heteroatoms. The molecule has 5 aromatic rings. The van der Waals surface area contributed by atoms with Crippen molar-refractivity contribution in [1.29, 1.82) is 0 Å². The molecule has 0 atom stereocenters. The molecule has 0 saturated heterocycles. The maximum absolute atomic E-state index is 11.0. The molecule has 4 heterocycles. The number of ether oxygens (including phenoxy) is 1. The van der Waals surface area contributed by atoms with E-state index in [1.54, 1.807) is 25.7 Å². The number of aromatic nitrogens is 4. The predicted octanol–water partition coefficient (Wildman–Crippen LogP) is 4.60. The third-order valence-corrected chi connectivity index (χ3v) is 5.31. The van der Waals surface area contributed by atoms with Crippen molar-refractivity contribution in [2.75, 3.05) is 7.11 Å². The number of aryl methyl sites for hydroxylation is 2. The third kappa shape index (κ3) is 3.12. The smallest absolute Gasteiger partial charge is 0.201 e. The van der Waals surface area contributed by atoms with Crippen LogP contribution in [0.15, 0.2) is 73.3 Å². The first kappa shape index (κ1) is 18.1. The van der Waals surface area contributed by atoms with Crippen LogP contribution in [0.4, 0.5) is 0 Å². The van der Waals surface area contributed by atoms with E-state index in [4.69, 9.17) is 9.72 Å². The first-order chi connectivity index (χ1) is 14.7. The molecular weight excluding hydrogens is 376 g/mol. The van der Waals surface area contributed by atoms with Gasteiger partial charge in [-0.25, -0.2) is 0 Å². The zero-order valence-electron chi connectivity index (χ0n) is 16.5. The number of rotatable bonds is 5. The van der Waals surface area contributed by atoms with E-state index in [0.29, 0.717) is 24.1 Å². The lowest BCUT2D eigenvalue weighted by Gasteiger charge is -2.09. The molecule has 30 heavy (non-hydrogen) atoms. The van der Waals surface area contributed by atoms with E-state index in [1.807, 2.05) is 47.2 Å². The van der Waals surface area contributed by atoms with Crippen LogP contribution in [0.25, 0.3) is 32.9 Å². The van der Waals surface area contributed by atoms with Crippen LogP contribution in [-0.2, 0) is 13.0 Å². The molecule has 0 bridgehead atoms. The van der Waals surface area contributed by atoms with Gasteiger partial charge in [-0.1, -0.05) is 24.3 Å². The van der Waals surface area contributed by atoms with E-state index >= 15 is 0 Å². The van der Waals surface area contributed by atoms with E-state index < -0.39 is 0 Å². The Hall–Kier alpha value is -3.93. The molecule has 0 amide bonds. The van der Waals surface area contributed by atoms with Crippen LogP contribution in [0.3, 0.4) is 0 Å². The zero-order valence-corrected chi connectivity index (χ0v) is 16.5. The predicted molar refractivity (Wildman–Crippen MR) is 117 cm³/mol. The summed E-state index contributed by atoms with van der Waals surface area (Å²) in [5, 5.41) is 12.8. The van der Waals surface area contributed by atoms with Gasteiger partial charge in [0.1, 0.15) is 5.75 Å². The second-order valence-electron chi connectivity index (χ2n) is 7.09. The summed E-state index contributed by atoms with van der Waals surface area (Å²) in [4.78, 5) is 13.3. The van der Waals surface area contributed by atoms with Crippen molar-refractivity contribution in [2.24, 2.45) is 0 Å². The Morgan fingerprint density at radius 3 is 2.73 bits per heavy atom. The highest BCUT2D eigenvalue weighted by atomic mass is 16.5. The second-order valence-corrected chi connectivity index (χ2v) is 7.09. The molecule has 0 spiro atoms. The summed E-state index contributed by atoms with van der Waals surface area (Å²) < 4.78 is 7.28. The SMILES string of the molecule is COc1cnccc1-c1ccnc2cn(CCc3ccc4ccccc4n3)c(O)c12. The molecule has 4 aromatic heterocycles. The van der Waals surface area contributed by atoms with Gasteiger partial charge in [-0.15, -0.1) is 0 Å². The Morgan fingerprint density at radius 2 is 1.83 bits per heavy atom. The topological polar surface area (TPSA) is 73.1 Å². The number of fused-ring (bicyclic) bond motifs is 2. The molecule has 5 rings (SSSR count). The molecule has 0 radical (unpaired) electrons. The maximum Gasteiger partial charge on any atom is 0.201 e. The number of hydrogen-bond acceptors (Lipinski definition) is 5. The summed E-state index contributed by atoms with van der Waals surface area (Å²) in [7, 11) is 1.61. The van der Waals surface area contributed by atoms with E-state index in [0.717, 1.165) is 33.2 Å². The van der Waals surface area contributed by atoms with Crippen LogP contribution >= 0.6 is 0 Å². The van der Waals surface area contributed by atoms with Gasteiger partial charge >= 0.3 is 0 Å². The van der Waals surface area contributed by atoms with Crippen LogP contribution in [0.5, 0.6) is 11.6 Å². The van der Waals surface area contributed by atoms with Gasteiger partial charge in [0.05, 0.1) is 29.7 Å². The lowest BCUT2D eigenvalue weighted by atomic mass is 10.0. The minimum Gasteiger partial charge on any atom is -0.494 e. The molecule has 1 aromatic carbocycles. The van der Waals surface area contributed by atoms with Crippen molar-refractivity contribution >= 4 is 21.8 Å². The minimum absolute atomic E-state index is 0.188. The highest BCUT2D eigenvalue weighted by Gasteiger charge is 2.17. The van der Waals surface area contributed by atoms with Crippen molar-refractivity contribution < 1.29 is 9.84 Å². The van der Waals surface area contributed by atoms with Crippen LogP contribution in [0.2, 0.25) is 0 Å². The summed E-state index contributed by atoms with van der Waals surface area (Å²) in [5.41, 5.74) is 4.42. The van der Waals surface area contributed by atoms with Crippen molar-refractivity contribution in [1.82, 2.24) is 19.5 Å². The molecule has 148 valence electrons. The average Bonchev–Trinajstić information content (AvgIpc) is 3.13. The summed E-state index contributed by atoms with van der Waals surface area (Å²) in [6.45, 7) is 0.598. The summed E-state index contributed by atoms with van der Waals surface area (Å²) in [6, 6.07) is 15.9. The molecule has 0 saturated carbocycles. The van der Waals surface area contributed by atoms with Gasteiger partial charge in [0, 0.05) is 53.8 Å². The van der Waals surface area contributed by atoms with Gasteiger partial charge in [0.15, 0.2) is 0 Å². The Bertz CT molecular complexity index is 1360. The fourth-order valence-corrected chi connectivity index (χ4v) is 3.81. The molecule has 0 unspecified atom stereocenters. The number of pyridine rings is 3. The third-order valence-electron chi connectivity index (χ3n) is 5.31. The Morgan fingerprint density at radius 1 is 0.967 bits per heavy atom. The van der Waals surface area contributed by atoms with Crippen LogP contribution in [0, 0.1) is 0 Å². The van der Waals surface area contributed by atoms with Gasteiger partial charge in [-0.05, 0) is 24.3 Å². The normalized spacial score (nSPS) is 11.2. The van der Waals surface area contributed by atoms with E-state index in [9.17, 15) is 5.11 Å². The average molecular weight is 396 g/mol. The minimum atomic E-state index is 0.188. The van der Waals surface area contributed by atoms with E-state index in [1.165, 1.54) is 0 Å². The second kappa shape index (κ2) is 7.48.